The Bertz CT molecular complexity index is 256. The van der Waals surface area contributed by atoms with E-state index in [4.69, 9.17) is 12.2 Å². The van der Waals surface area contributed by atoms with Crippen LogP contribution >= 0.6 is 24.0 Å². The summed E-state index contributed by atoms with van der Waals surface area (Å²) in [7, 11) is 3.91. The smallest absolute Gasteiger partial charge is 0.140 e. The van der Waals surface area contributed by atoms with Crippen molar-refractivity contribution >= 4 is 28.3 Å². The van der Waals surface area contributed by atoms with E-state index in [-0.39, 0.29) is 0 Å². The zero-order valence-electron chi connectivity index (χ0n) is 7.15. The molecule has 0 aliphatic rings. The van der Waals surface area contributed by atoms with Crippen molar-refractivity contribution in [1.29, 1.82) is 0 Å². The molecule has 0 heterocycles. The molecule has 3 heteroatoms. The highest BCUT2D eigenvalue weighted by molar-refractivity contribution is 8.22. The summed E-state index contributed by atoms with van der Waals surface area (Å²) in [6.45, 7) is 0. The van der Waals surface area contributed by atoms with E-state index in [2.05, 4.69) is 12.1 Å². The van der Waals surface area contributed by atoms with Gasteiger partial charge < -0.3 is 4.90 Å². The van der Waals surface area contributed by atoms with Gasteiger partial charge in [-0.3, -0.25) is 0 Å². The largest absolute Gasteiger partial charge is 0.363 e. The molecule has 0 aliphatic carbocycles. The van der Waals surface area contributed by atoms with Crippen LogP contribution < -0.4 is 0 Å². The highest BCUT2D eigenvalue weighted by atomic mass is 32.2. The highest BCUT2D eigenvalue weighted by Crippen LogP contribution is 2.19. The third-order valence-corrected chi connectivity index (χ3v) is 2.98. The molecule has 0 aromatic heterocycles. The number of nitrogens with zero attached hydrogens (tertiary/aromatic N) is 1. The minimum atomic E-state index is 0.890. The zero-order valence-corrected chi connectivity index (χ0v) is 8.78. The third kappa shape index (κ3) is 2.83. The van der Waals surface area contributed by atoms with Gasteiger partial charge in [-0.2, -0.15) is 0 Å². The second kappa shape index (κ2) is 4.48. The van der Waals surface area contributed by atoms with Crippen molar-refractivity contribution in [3.05, 3.63) is 30.3 Å². The molecule has 0 N–H and O–H groups in total. The summed E-state index contributed by atoms with van der Waals surface area (Å²) in [6.07, 6.45) is 0. The van der Waals surface area contributed by atoms with Gasteiger partial charge in [0, 0.05) is 19.0 Å². The van der Waals surface area contributed by atoms with Crippen LogP contribution in [0.1, 0.15) is 0 Å². The van der Waals surface area contributed by atoms with Gasteiger partial charge in [-0.25, -0.2) is 0 Å². The van der Waals surface area contributed by atoms with Crippen LogP contribution in [0.2, 0.25) is 0 Å². The van der Waals surface area contributed by atoms with Crippen molar-refractivity contribution in [2.75, 3.05) is 14.1 Å². The van der Waals surface area contributed by atoms with E-state index >= 15 is 0 Å². The molecule has 0 radical (unpaired) electrons. The van der Waals surface area contributed by atoms with Crippen LogP contribution in [0.3, 0.4) is 0 Å². The maximum atomic E-state index is 5.15. The fraction of sp³-hybridized carbons (Fsp3) is 0.222. The lowest BCUT2D eigenvalue weighted by Gasteiger charge is -2.11. The maximum absolute atomic E-state index is 5.15. The molecular weight excluding hydrogens is 186 g/mol. The van der Waals surface area contributed by atoms with E-state index < -0.39 is 0 Å². The van der Waals surface area contributed by atoms with E-state index in [1.54, 1.807) is 11.8 Å². The normalized spacial score (nSPS) is 9.50. The summed E-state index contributed by atoms with van der Waals surface area (Å²) in [5, 5.41) is 0. The van der Waals surface area contributed by atoms with E-state index in [0.29, 0.717) is 0 Å². The molecule has 0 bridgehead atoms. The molecule has 12 heavy (non-hydrogen) atoms. The van der Waals surface area contributed by atoms with Crippen molar-refractivity contribution in [3.8, 4) is 0 Å². The minimum Gasteiger partial charge on any atom is -0.363 e. The van der Waals surface area contributed by atoms with E-state index in [1.807, 2.05) is 37.2 Å². The Hall–Kier alpha value is -0.540. The van der Waals surface area contributed by atoms with Gasteiger partial charge in [-0.1, -0.05) is 42.2 Å². The lowest BCUT2D eigenvalue weighted by Crippen LogP contribution is -2.15. The van der Waals surface area contributed by atoms with E-state index in [0.717, 1.165) is 4.32 Å². The summed E-state index contributed by atoms with van der Waals surface area (Å²) in [4.78, 5) is 3.13. The van der Waals surface area contributed by atoms with Crippen LogP contribution in [-0.4, -0.2) is 23.3 Å². The topological polar surface area (TPSA) is 3.24 Å². The van der Waals surface area contributed by atoms with Gasteiger partial charge in [-0.15, -0.1) is 0 Å². The van der Waals surface area contributed by atoms with Gasteiger partial charge in [-0.05, 0) is 12.1 Å². The predicted octanol–water partition coefficient (Wildman–Crippen LogP) is 2.63. The standard InChI is InChI=1S/C9H11NS2/c1-10(2)9(11)12-8-6-4-3-5-7-8/h3-7H,1-2H3. The van der Waals surface area contributed by atoms with E-state index in [1.165, 1.54) is 4.90 Å². The predicted molar refractivity (Wildman–Crippen MR) is 58.6 cm³/mol. The quantitative estimate of drug-likeness (QED) is 0.503. The van der Waals surface area contributed by atoms with Gasteiger partial charge in [0.2, 0.25) is 0 Å². The zero-order chi connectivity index (χ0) is 8.97. The molecular formula is C9H11NS2. The second-order valence-electron chi connectivity index (χ2n) is 2.58. The molecule has 64 valence electrons. The fourth-order valence-corrected chi connectivity index (χ4v) is 1.65. The number of hydrogen-bond donors (Lipinski definition) is 0. The fourth-order valence-electron chi connectivity index (χ4n) is 0.681. The molecule has 0 atom stereocenters. The van der Waals surface area contributed by atoms with Crippen molar-refractivity contribution in [3.63, 3.8) is 0 Å². The van der Waals surface area contributed by atoms with Crippen LogP contribution in [0, 0.1) is 0 Å². The summed E-state index contributed by atoms with van der Waals surface area (Å²) in [5.74, 6) is 0. The molecule has 0 fully saturated rings. The summed E-state index contributed by atoms with van der Waals surface area (Å²) in [5.41, 5.74) is 0. The van der Waals surface area contributed by atoms with Gasteiger partial charge in [0.15, 0.2) is 0 Å². The van der Waals surface area contributed by atoms with Crippen LogP contribution in [0.15, 0.2) is 35.2 Å². The Labute approximate surface area is 82.8 Å². The SMILES string of the molecule is CN(C)C(=S)Sc1ccccc1. The monoisotopic (exact) mass is 197 g/mol. The second-order valence-corrected chi connectivity index (χ2v) is 4.28. The molecule has 1 aromatic carbocycles. The lowest BCUT2D eigenvalue weighted by molar-refractivity contribution is 0.648. The molecule has 0 spiro atoms. The number of benzene rings is 1. The number of thioether (sulfide) groups is 1. The molecule has 0 aliphatic heterocycles. The summed E-state index contributed by atoms with van der Waals surface area (Å²) < 4.78 is 0.890. The van der Waals surface area contributed by atoms with E-state index in [9.17, 15) is 0 Å². The first-order chi connectivity index (χ1) is 5.70. The number of hydrogen-bond acceptors (Lipinski definition) is 2. The molecule has 0 amide bonds. The minimum absolute atomic E-state index is 0.890. The Morgan fingerprint density at radius 3 is 2.33 bits per heavy atom. The first kappa shape index (κ1) is 9.55. The van der Waals surface area contributed by atoms with Crippen molar-refractivity contribution in [2.24, 2.45) is 0 Å². The molecule has 1 aromatic rings. The highest BCUT2D eigenvalue weighted by Gasteiger charge is 2.00. The average molecular weight is 197 g/mol. The van der Waals surface area contributed by atoms with Crippen molar-refractivity contribution < 1.29 is 0 Å². The average Bonchev–Trinajstić information content (AvgIpc) is 2.06. The number of thiocarbonyl (C=S) groups is 1. The Morgan fingerprint density at radius 2 is 1.83 bits per heavy atom. The van der Waals surface area contributed by atoms with Crippen LogP contribution in [-0.2, 0) is 0 Å². The van der Waals surface area contributed by atoms with Gasteiger partial charge in [0.25, 0.3) is 0 Å². The van der Waals surface area contributed by atoms with Crippen LogP contribution in [0.25, 0.3) is 0 Å². The van der Waals surface area contributed by atoms with Gasteiger partial charge in [0.05, 0.1) is 0 Å². The maximum Gasteiger partial charge on any atom is 0.140 e. The first-order valence-electron chi connectivity index (χ1n) is 3.64. The summed E-state index contributed by atoms with van der Waals surface area (Å²) >= 11 is 6.76. The third-order valence-electron chi connectivity index (χ3n) is 1.31. The Kier molecular flexibility index (Phi) is 3.56. The van der Waals surface area contributed by atoms with Gasteiger partial charge >= 0.3 is 0 Å². The molecule has 1 nitrogen and oxygen atoms in total. The number of rotatable bonds is 1. The first-order valence-corrected chi connectivity index (χ1v) is 4.87. The van der Waals surface area contributed by atoms with Crippen molar-refractivity contribution in [1.82, 2.24) is 4.90 Å². The molecule has 0 unspecified atom stereocenters. The molecule has 0 saturated heterocycles. The Balaban J connectivity index is 2.59. The molecule has 0 saturated carbocycles. The Morgan fingerprint density at radius 1 is 1.25 bits per heavy atom. The molecule has 1 rings (SSSR count). The summed E-state index contributed by atoms with van der Waals surface area (Å²) in [6, 6.07) is 10.1. The van der Waals surface area contributed by atoms with Crippen LogP contribution in [0.5, 0.6) is 0 Å². The lowest BCUT2D eigenvalue weighted by atomic mass is 10.4. The van der Waals surface area contributed by atoms with Gasteiger partial charge in [0.1, 0.15) is 4.32 Å². The van der Waals surface area contributed by atoms with Crippen molar-refractivity contribution in [2.45, 2.75) is 4.90 Å². The van der Waals surface area contributed by atoms with Crippen LogP contribution in [0.4, 0.5) is 0 Å².